The van der Waals surface area contributed by atoms with Gasteiger partial charge < -0.3 is 10.1 Å². The van der Waals surface area contributed by atoms with Crippen LogP contribution in [0, 0.1) is 0 Å². The molecule has 1 N–H and O–H groups in total. The molecule has 0 fully saturated rings. The second-order valence-electron chi connectivity index (χ2n) is 6.67. The van der Waals surface area contributed by atoms with E-state index in [0.717, 1.165) is 11.1 Å². The summed E-state index contributed by atoms with van der Waals surface area (Å²) in [5.41, 5.74) is 2.55. The van der Waals surface area contributed by atoms with Crippen LogP contribution in [-0.2, 0) is 16.4 Å². The molecule has 1 aliphatic heterocycles. The highest BCUT2D eigenvalue weighted by atomic mass is 32.2. The number of nitrogens with one attached hydrogen (secondary N) is 1. The molecule has 0 aromatic heterocycles. The van der Waals surface area contributed by atoms with Gasteiger partial charge in [0.15, 0.2) is 0 Å². The zero-order chi connectivity index (χ0) is 19.6. The second kappa shape index (κ2) is 7.66. The molecule has 0 saturated heterocycles. The molecule has 0 radical (unpaired) electrons. The SMILES string of the molecule is COc1cccc(C2Nc3ccccc3S(=O)(=O)N2CCc2ccccc2)c1. The van der Waals surface area contributed by atoms with E-state index in [1.165, 1.54) is 4.31 Å². The summed E-state index contributed by atoms with van der Waals surface area (Å²) in [7, 11) is -2.04. The smallest absolute Gasteiger partial charge is 0.247 e. The molecule has 1 aliphatic rings. The Kier molecular flexibility index (Phi) is 5.07. The maximum Gasteiger partial charge on any atom is 0.247 e. The van der Waals surface area contributed by atoms with Crippen LogP contribution in [-0.4, -0.2) is 26.4 Å². The zero-order valence-electron chi connectivity index (χ0n) is 15.6. The highest BCUT2D eigenvalue weighted by Crippen LogP contribution is 2.38. The number of ether oxygens (including phenoxy) is 1. The molecule has 144 valence electrons. The highest BCUT2D eigenvalue weighted by molar-refractivity contribution is 7.89. The lowest BCUT2D eigenvalue weighted by molar-refractivity contribution is 0.343. The molecular formula is C22H22N2O3S. The lowest BCUT2D eigenvalue weighted by Crippen LogP contribution is -2.43. The molecule has 1 atom stereocenters. The first-order valence-corrected chi connectivity index (χ1v) is 10.6. The Hall–Kier alpha value is -2.83. The number of hydrogen-bond donors (Lipinski definition) is 1. The molecule has 0 saturated carbocycles. The summed E-state index contributed by atoms with van der Waals surface area (Å²) < 4.78 is 33.7. The van der Waals surface area contributed by atoms with Gasteiger partial charge in [-0.25, -0.2) is 8.42 Å². The molecule has 1 heterocycles. The second-order valence-corrected chi connectivity index (χ2v) is 8.53. The summed E-state index contributed by atoms with van der Waals surface area (Å²) >= 11 is 0. The first kappa shape index (κ1) is 18.5. The van der Waals surface area contributed by atoms with Crippen molar-refractivity contribution < 1.29 is 13.2 Å². The van der Waals surface area contributed by atoms with E-state index >= 15 is 0 Å². The van der Waals surface area contributed by atoms with Crippen LogP contribution >= 0.6 is 0 Å². The van der Waals surface area contributed by atoms with E-state index in [0.29, 0.717) is 29.3 Å². The van der Waals surface area contributed by atoms with E-state index in [1.54, 1.807) is 25.3 Å². The van der Waals surface area contributed by atoms with Gasteiger partial charge in [-0.1, -0.05) is 54.6 Å². The molecule has 3 aromatic carbocycles. The van der Waals surface area contributed by atoms with Gasteiger partial charge in [0.2, 0.25) is 10.0 Å². The van der Waals surface area contributed by atoms with E-state index < -0.39 is 16.2 Å². The van der Waals surface area contributed by atoms with Crippen LogP contribution in [0.25, 0.3) is 0 Å². The average Bonchev–Trinajstić information content (AvgIpc) is 2.73. The first-order valence-electron chi connectivity index (χ1n) is 9.15. The van der Waals surface area contributed by atoms with Crippen molar-refractivity contribution in [2.45, 2.75) is 17.5 Å². The molecule has 0 bridgehead atoms. The summed E-state index contributed by atoms with van der Waals surface area (Å²) in [4.78, 5) is 0.308. The van der Waals surface area contributed by atoms with Crippen LogP contribution in [0.4, 0.5) is 5.69 Å². The van der Waals surface area contributed by atoms with Crippen molar-refractivity contribution >= 4 is 15.7 Å². The van der Waals surface area contributed by atoms with E-state index in [-0.39, 0.29) is 0 Å². The topological polar surface area (TPSA) is 58.6 Å². The van der Waals surface area contributed by atoms with Gasteiger partial charge in [0.05, 0.1) is 12.8 Å². The Morgan fingerprint density at radius 2 is 1.71 bits per heavy atom. The van der Waals surface area contributed by atoms with E-state index in [4.69, 9.17) is 4.74 Å². The third-order valence-electron chi connectivity index (χ3n) is 4.93. The summed E-state index contributed by atoms with van der Waals surface area (Å²) in [5.74, 6) is 0.693. The Morgan fingerprint density at radius 1 is 0.964 bits per heavy atom. The third kappa shape index (κ3) is 3.48. The van der Waals surface area contributed by atoms with Gasteiger partial charge in [-0.05, 0) is 41.8 Å². The largest absolute Gasteiger partial charge is 0.497 e. The fraction of sp³-hybridized carbons (Fsp3) is 0.182. The van der Waals surface area contributed by atoms with Crippen molar-refractivity contribution in [3.63, 3.8) is 0 Å². The van der Waals surface area contributed by atoms with Crippen LogP contribution in [0.2, 0.25) is 0 Å². The molecule has 6 heteroatoms. The Morgan fingerprint density at radius 3 is 2.50 bits per heavy atom. The van der Waals surface area contributed by atoms with Crippen LogP contribution in [0.1, 0.15) is 17.3 Å². The fourth-order valence-electron chi connectivity index (χ4n) is 3.49. The maximum atomic E-state index is 13.4. The molecule has 1 unspecified atom stereocenters. The Bertz CT molecular complexity index is 1070. The minimum absolute atomic E-state index is 0.308. The van der Waals surface area contributed by atoms with Gasteiger partial charge in [-0.2, -0.15) is 4.31 Å². The van der Waals surface area contributed by atoms with Crippen LogP contribution in [0.5, 0.6) is 5.75 Å². The number of para-hydroxylation sites is 1. The molecule has 4 rings (SSSR count). The Labute approximate surface area is 165 Å². The number of anilines is 1. The minimum Gasteiger partial charge on any atom is -0.497 e. The van der Waals surface area contributed by atoms with Crippen molar-refractivity contribution in [2.24, 2.45) is 0 Å². The normalized spacial score (nSPS) is 18.1. The lowest BCUT2D eigenvalue weighted by Gasteiger charge is -2.37. The van der Waals surface area contributed by atoms with Gasteiger partial charge in [-0.15, -0.1) is 0 Å². The number of nitrogens with zero attached hydrogens (tertiary/aromatic N) is 1. The highest BCUT2D eigenvalue weighted by Gasteiger charge is 2.38. The van der Waals surface area contributed by atoms with Crippen LogP contribution in [0.3, 0.4) is 0 Å². The molecule has 5 nitrogen and oxygen atoms in total. The van der Waals surface area contributed by atoms with Crippen LogP contribution in [0.15, 0.2) is 83.8 Å². The van der Waals surface area contributed by atoms with Crippen molar-refractivity contribution in [3.8, 4) is 5.75 Å². The third-order valence-corrected chi connectivity index (χ3v) is 6.85. The quantitative estimate of drug-likeness (QED) is 0.709. The predicted octanol–water partition coefficient (Wildman–Crippen LogP) is 4.05. The number of rotatable bonds is 5. The average molecular weight is 394 g/mol. The summed E-state index contributed by atoms with van der Waals surface area (Å²) in [6, 6.07) is 24.5. The number of methoxy groups -OCH3 is 1. The van der Waals surface area contributed by atoms with Gasteiger partial charge in [0.1, 0.15) is 16.8 Å². The fourth-order valence-corrected chi connectivity index (χ4v) is 5.18. The van der Waals surface area contributed by atoms with Crippen molar-refractivity contribution in [1.29, 1.82) is 0 Å². The summed E-state index contributed by atoms with van der Waals surface area (Å²) in [5, 5.41) is 3.40. The van der Waals surface area contributed by atoms with Crippen LogP contribution < -0.4 is 10.1 Å². The minimum atomic E-state index is -3.64. The molecule has 0 aliphatic carbocycles. The van der Waals surface area contributed by atoms with E-state index in [9.17, 15) is 8.42 Å². The van der Waals surface area contributed by atoms with E-state index in [1.807, 2.05) is 60.7 Å². The molecule has 3 aromatic rings. The lowest BCUT2D eigenvalue weighted by atomic mass is 10.1. The number of fused-ring (bicyclic) bond motifs is 1. The monoisotopic (exact) mass is 394 g/mol. The number of hydrogen-bond acceptors (Lipinski definition) is 4. The van der Waals surface area contributed by atoms with Gasteiger partial charge >= 0.3 is 0 Å². The van der Waals surface area contributed by atoms with Crippen molar-refractivity contribution in [1.82, 2.24) is 4.31 Å². The summed E-state index contributed by atoms with van der Waals surface area (Å²) in [6.07, 6.45) is 0.128. The number of sulfonamides is 1. The van der Waals surface area contributed by atoms with Crippen molar-refractivity contribution in [2.75, 3.05) is 19.0 Å². The number of benzene rings is 3. The van der Waals surface area contributed by atoms with Gasteiger partial charge in [0.25, 0.3) is 0 Å². The first-order chi connectivity index (χ1) is 13.6. The standard InChI is InChI=1S/C22H22N2O3S/c1-27-19-11-7-10-18(16-19)22-23-20-12-5-6-13-21(20)28(25,26)24(22)15-14-17-8-3-2-4-9-17/h2-13,16,22-23H,14-15H2,1H3. The maximum absolute atomic E-state index is 13.4. The van der Waals surface area contributed by atoms with E-state index in [2.05, 4.69) is 5.32 Å². The van der Waals surface area contributed by atoms with Crippen molar-refractivity contribution in [3.05, 3.63) is 90.0 Å². The zero-order valence-corrected chi connectivity index (χ0v) is 16.4. The predicted molar refractivity (Wildman–Crippen MR) is 110 cm³/mol. The summed E-state index contributed by atoms with van der Waals surface area (Å²) in [6.45, 7) is 0.371. The molecule has 28 heavy (non-hydrogen) atoms. The molecule has 0 spiro atoms. The van der Waals surface area contributed by atoms with Gasteiger partial charge in [0, 0.05) is 6.54 Å². The van der Waals surface area contributed by atoms with Gasteiger partial charge in [-0.3, -0.25) is 0 Å². The Balaban J connectivity index is 1.75. The molecule has 0 amide bonds. The molecular weight excluding hydrogens is 372 g/mol.